The van der Waals surface area contributed by atoms with Gasteiger partial charge in [0.25, 0.3) is 0 Å². The zero-order chi connectivity index (χ0) is 30.5. The monoisotopic (exact) mass is 621 g/mol. The van der Waals surface area contributed by atoms with Crippen LogP contribution in [0.2, 0.25) is 5.02 Å². The number of aliphatic hydroxyl groups excluding tert-OH is 1. The van der Waals surface area contributed by atoms with Crippen LogP contribution in [0.25, 0.3) is 0 Å². The fraction of sp³-hybridized carbons (Fsp3) is 0.586. The van der Waals surface area contributed by atoms with Crippen LogP contribution in [-0.4, -0.2) is 58.1 Å². The van der Waals surface area contributed by atoms with E-state index in [4.69, 9.17) is 16.8 Å². The highest BCUT2D eigenvalue weighted by Crippen LogP contribution is 2.69. The Bertz CT molecular complexity index is 1240. The first-order chi connectivity index (χ1) is 18.9. The van der Waals surface area contributed by atoms with Crippen molar-refractivity contribution in [3.8, 4) is 0 Å². The Balaban J connectivity index is 0.000000328. The molecular formula is C29H33ClF5NO4S. The predicted molar refractivity (Wildman–Crippen MR) is 147 cm³/mol. The molecule has 12 heteroatoms. The normalized spacial score (nSPS) is 37.7. The topological polar surface area (TPSA) is 77.8 Å². The van der Waals surface area contributed by atoms with Crippen LogP contribution >= 0.6 is 23.4 Å². The maximum Gasteiger partial charge on any atom is 0.398 e. The lowest BCUT2D eigenvalue weighted by atomic mass is 9.45. The van der Waals surface area contributed by atoms with Crippen molar-refractivity contribution in [3.63, 3.8) is 0 Å². The number of anilines is 1. The van der Waals surface area contributed by atoms with E-state index >= 15 is 8.78 Å². The summed E-state index contributed by atoms with van der Waals surface area (Å²) in [5.74, 6) is -3.85. The minimum atomic E-state index is -4.48. The van der Waals surface area contributed by atoms with E-state index in [1.165, 1.54) is 19.1 Å². The first kappa shape index (κ1) is 32.0. The number of hydrogen-bond acceptors (Lipinski definition) is 6. The lowest BCUT2D eigenvalue weighted by Gasteiger charge is -2.62. The number of ketones is 1. The van der Waals surface area contributed by atoms with Crippen molar-refractivity contribution in [1.29, 1.82) is 0 Å². The number of nitrogens with zero attached hydrogens (tertiary/aromatic N) is 1. The summed E-state index contributed by atoms with van der Waals surface area (Å²) < 4.78 is 69.8. The van der Waals surface area contributed by atoms with Crippen LogP contribution in [0.3, 0.4) is 0 Å². The van der Waals surface area contributed by atoms with Crippen LogP contribution in [-0.2, 0) is 9.59 Å². The molecule has 0 aliphatic heterocycles. The molecule has 5 rings (SSSR count). The van der Waals surface area contributed by atoms with E-state index in [2.05, 4.69) is 0 Å². The summed E-state index contributed by atoms with van der Waals surface area (Å²) in [7, 11) is 1.56. The lowest BCUT2D eigenvalue weighted by molar-refractivity contribution is -0.201. The number of carbonyl (C=O) groups is 2. The third-order valence-electron chi connectivity index (χ3n) is 9.49. The van der Waals surface area contributed by atoms with E-state index in [-0.39, 0.29) is 36.6 Å². The summed E-state index contributed by atoms with van der Waals surface area (Å²) >= 11 is 5.83. The molecule has 8 atom stereocenters. The van der Waals surface area contributed by atoms with Gasteiger partial charge >= 0.3 is 6.18 Å². The number of rotatable bonds is 3. The SMILES string of the molecule is CN(O)c1ccc(Cl)cc1.C[C@]12C[C@H](O)[C@@]3(F)[C@@H](C[C@H](F)C4=CC(=O)C=C[C@@]43C)C1CC[C@@H]2C(=O)SCC(F)(F)F. The molecule has 226 valence electrons. The van der Waals surface area contributed by atoms with Crippen molar-refractivity contribution >= 4 is 39.9 Å². The third kappa shape index (κ3) is 5.71. The fourth-order valence-electron chi connectivity index (χ4n) is 7.50. The summed E-state index contributed by atoms with van der Waals surface area (Å²) in [6, 6.07) is 6.93. The Morgan fingerprint density at radius 1 is 1.17 bits per heavy atom. The molecule has 0 bridgehead atoms. The molecule has 0 spiro atoms. The Morgan fingerprint density at radius 3 is 2.39 bits per heavy atom. The molecule has 1 unspecified atom stereocenters. The van der Waals surface area contributed by atoms with Gasteiger partial charge in [-0.05, 0) is 85.9 Å². The fourth-order valence-corrected chi connectivity index (χ4v) is 8.52. The number of hydrogen-bond donors (Lipinski definition) is 2. The molecule has 0 saturated heterocycles. The van der Waals surface area contributed by atoms with Gasteiger partial charge in [-0.3, -0.25) is 19.9 Å². The van der Waals surface area contributed by atoms with E-state index in [0.29, 0.717) is 11.4 Å². The molecule has 4 aliphatic carbocycles. The number of benzene rings is 1. The standard InChI is InChI=1S/C22H25F5O3S.C7H8ClNO/c1-19-9-17(29)22(27)14(8-16(23)15-7-11(28)5-6-20(15,22)2)12(19)3-4-13(19)18(30)31-10-21(24,25)26;1-9(10)7-4-2-6(8)3-5-7/h5-7,12-14,16-17,29H,3-4,8-10H2,1-2H3;2-5,10H,1H3/t12?,13-,14+,16+,17+,19+,20+,22+;/m1./s1. The predicted octanol–water partition coefficient (Wildman–Crippen LogP) is 6.91. The molecule has 0 amide bonds. The van der Waals surface area contributed by atoms with Crippen molar-refractivity contribution in [1.82, 2.24) is 0 Å². The van der Waals surface area contributed by atoms with E-state index in [9.17, 15) is 27.9 Å². The summed E-state index contributed by atoms with van der Waals surface area (Å²) in [5.41, 5.74) is -3.91. The van der Waals surface area contributed by atoms with E-state index in [1.54, 1.807) is 38.2 Å². The number of carbonyl (C=O) groups excluding carboxylic acids is 2. The van der Waals surface area contributed by atoms with E-state index < -0.39 is 69.4 Å². The number of halogens is 6. The van der Waals surface area contributed by atoms with Crippen LogP contribution in [0.1, 0.15) is 39.5 Å². The van der Waals surface area contributed by atoms with Gasteiger partial charge in [0.15, 0.2) is 16.6 Å². The highest BCUT2D eigenvalue weighted by atomic mass is 35.5. The molecule has 0 heterocycles. The Kier molecular flexibility index (Phi) is 8.80. The molecule has 5 nitrogen and oxygen atoms in total. The van der Waals surface area contributed by atoms with Gasteiger partial charge in [0.1, 0.15) is 6.17 Å². The maximum atomic E-state index is 16.8. The summed E-state index contributed by atoms with van der Waals surface area (Å²) in [4.78, 5) is 24.4. The van der Waals surface area contributed by atoms with Crippen LogP contribution in [0.4, 0.5) is 27.6 Å². The Hall–Kier alpha value is -1.95. The average molecular weight is 622 g/mol. The van der Waals surface area contributed by atoms with Gasteiger partial charge in [0.2, 0.25) is 0 Å². The van der Waals surface area contributed by atoms with Crippen LogP contribution < -0.4 is 5.06 Å². The lowest BCUT2D eigenvalue weighted by Crippen LogP contribution is -2.68. The third-order valence-corrected chi connectivity index (χ3v) is 10.8. The minimum Gasteiger partial charge on any atom is -0.390 e. The zero-order valence-corrected chi connectivity index (χ0v) is 24.4. The first-order valence-electron chi connectivity index (χ1n) is 13.3. The zero-order valence-electron chi connectivity index (χ0n) is 22.8. The largest absolute Gasteiger partial charge is 0.398 e. The number of aliphatic hydroxyl groups is 1. The summed E-state index contributed by atoms with van der Waals surface area (Å²) in [6.45, 7) is 3.20. The molecule has 0 aromatic heterocycles. The first-order valence-corrected chi connectivity index (χ1v) is 14.7. The Labute approximate surface area is 244 Å². The van der Waals surface area contributed by atoms with Crippen molar-refractivity contribution < 1.29 is 41.9 Å². The van der Waals surface area contributed by atoms with Crippen molar-refractivity contribution in [2.24, 2.45) is 28.6 Å². The van der Waals surface area contributed by atoms with Gasteiger partial charge < -0.3 is 5.11 Å². The van der Waals surface area contributed by atoms with Gasteiger partial charge in [-0.15, -0.1) is 0 Å². The molecule has 4 aliphatic rings. The van der Waals surface area contributed by atoms with Gasteiger partial charge in [-0.25, -0.2) is 8.78 Å². The highest BCUT2D eigenvalue weighted by molar-refractivity contribution is 8.13. The molecule has 41 heavy (non-hydrogen) atoms. The van der Waals surface area contributed by atoms with Gasteiger partial charge in [-0.2, -0.15) is 13.2 Å². The van der Waals surface area contributed by atoms with Crippen LogP contribution in [0.5, 0.6) is 0 Å². The molecule has 1 aromatic rings. The number of fused-ring (bicyclic) bond motifs is 5. The average Bonchev–Trinajstić information content (AvgIpc) is 3.22. The Morgan fingerprint density at radius 2 is 1.80 bits per heavy atom. The number of allylic oxidation sites excluding steroid dienone is 4. The number of alkyl halides is 5. The van der Waals surface area contributed by atoms with Gasteiger partial charge in [-0.1, -0.05) is 36.4 Å². The quantitative estimate of drug-likeness (QED) is 0.282. The van der Waals surface area contributed by atoms with Crippen LogP contribution in [0, 0.1) is 28.6 Å². The molecule has 1 aromatic carbocycles. The smallest absolute Gasteiger partial charge is 0.390 e. The highest BCUT2D eigenvalue weighted by Gasteiger charge is 2.72. The van der Waals surface area contributed by atoms with Crippen molar-refractivity contribution in [2.45, 2.75) is 63.7 Å². The minimum absolute atomic E-state index is 0.0211. The number of hydroxylamine groups is 1. The molecule has 0 radical (unpaired) electrons. The molecule has 3 fully saturated rings. The van der Waals surface area contributed by atoms with Crippen molar-refractivity contribution in [3.05, 3.63) is 53.1 Å². The molecule has 2 N–H and O–H groups in total. The van der Waals surface area contributed by atoms with Gasteiger partial charge in [0, 0.05) is 29.3 Å². The second-order valence-corrected chi connectivity index (χ2v) is 13.2. The second kappa shape index (κ2) is 11.3. The van der Waals surface area contributed by atoms with Crippen LogP contribution in [0.15, 0.2) is 48.1 Å². The number of thioether (sulfide) groups is 1. The van der Waals surface area contributed by atoms with Crippen molar-refractivity contribution in [2.75, 3.05) is 17.9 Å². The maximum absolute atomic E-state index is 16.8. The summed E-state index contributed by atoms with van der Waals surface area (Å²) in [6.07, 6.45) is -3.62. The molecule has 3 saturated carbocycles. The van der Waals surface area contributed by atoms with E-state index in [0.717, 1.165) is 16.8 Å². The van der Waals surface area contributed by atoms with Gasteiger partial charge in [0.05, 0.1) is 17.5 Å². The second-order valence-electron chi connectivity index (χ2n) is 11.8. The summed E-state index contributed by atoms with van der Waals surface area (Å²) in [5, 5.41) is 21.1. The molecular weight excluding hydrogens is 589 g/mol. The van der Waals surface area contributed by atoms with E-state index in [1.807, 2.05) is 0 Å².